The zero-order valence-electron chi connectivity index (χ0n) is 18.5. The van der Waals surface area contributed by atoms with Crippen molar-refractivity contribution in [3.05, 3.63) is 47.5 Å². The second-order valence-corrected chi connectivity index (χ2v) is 9.40. The molecule has 5 N–H and O–H groups in total. The Labute approximate surface area is 190 Å². The summed E-state index contributed by atoms with van der Waals surface area (Å²) < 4.78 is 5.39. The second kappa shape index (κ2) is 12.2. The Morgan fingerprint density at radius 3 is 2.71 bits per heavy atom. The molecule has 2 unspecified atom stereocenters. The van der Waals surface area contributed by atoms with Crippen molar-refractivity contribution in [2.24, 2.45) is 5.73 Å². The van der Waals surface area contributed by atoms with Crippen LogP contribution >= 0.6 is 11.8 Å². The number of aromatic hydroxyl groups is 2. The SMILES string of the molecule is COc1ccccc1SCCNCCCCCCC1c2ccc(O)c(O)c2CCC1N. The third kappa shape index (κ3) is 6.55. The molecule has 6 heteroatoms. The Kier molecular flexibility index (Phi) is 9.37. The molecule has 0 aromatic heterocycles. The second-order valence-electron chi connectivity index (χ2n) is 8.26. The lowest BCUT2D eigenvalue weighted by Crippen LogP contribution is -2.33. The van der Waals surface area contributed by atoms with E-state index in [0.29, 0.717) is 0 Å². The molecule has 0 radical (unpaired) electrons. The molecule has 3 rings (SSSR count). The number of para-hydroxylation sites is 1. The number of hydrogen-bond acceptors (Lipinski definition) is 6. The van der Waals surface area contributed by atoms with Crippen LogP contribution in [0, 0.1) is 0 Å². The first-order valence-corrected chi connectivity index (χ1v) is 12.4. The number of methoxy groups -OCH3 is 1. The summed E-state index contributed by atoms with van der Waals surface area (Å²) in [5, 5.41) is 23.5. The van der Waals surface area contributed by atoms with Crippen LogP contribution in [0.5, 0.6) is 17.2 Å². The Bertz CT molecular complexity index is 830. The molecular formula is C25H36N2O3S. The minimum atomic E-state index is -0.0261. The Morgan fingerprint density at radius 2 is 1.87 bits per heavy atom. The summed E-state index contributed by atoms with van der Waals surface area (Å²) in [6.45, 7) is 2.04. The maximum atomic E-state index is 10.2. The Morgan fingerprint density at radius 1 is 1.06 bits per heavy atom. The van der Waals surface area contributed by atoms with E-state index in [4.69, 9.17) is 10.5 Å². The molecule has 0 fully saturated rings. The fraction of sp³-hybridized carbons (Fsp3) is 0.520. The monoisotopic (exact) mass is 444 g/mol. The van der Waals surface area contributed by atoms with Gasteiger partial charge in [0.25, 0.3) is 0 Å². The summed E-state index contributed by atoms with van der Waals surface area (Å²) in [5.41, 5.74) is 8.41. The van der Waals surface area contributed by atoms with E-state index in [2.05, 4.69) is 11.4 Å². The van der Waals surface area contributed by atoms with Crippen LogP contribution in [0.15, 0.2) is 41.3 Å². The van der Waals surface area contributed by atoms with Crippen LogP contribution in [0.25, 0.3) is 0 Å². The molecule has 0 saturated heterocycles. The van der Waals surface area contributed by atoms with Crippen molar-refractivity contribution in [2.45, 2.75) is 61.8 Å². The van der Waals surface area contributed by atoms with Crippen molar-refractivity contribution in [3.8, 4) is 17.2 Å². The number of benzene rings is 2. The number of fused-ring (bicyclic) bond motifs is 1. The number of rotatable bonds is 12. The molecule has 2 atom stereocenters. The maximum Gasteiger partial charge on any atom is 0.160 e. The number of nitrogens with two attached hydrogens (primary N) is 1. The quantitative estimate of drug-likeness (QED) is 0.214. The van der Waals surface area contributed by atoms with Gasteiger partial charge in [-0.25, -0.2) is 0 Å². The summed E-state index contributed by atoms with van der Waals surface area (Å²) in [6.07, 6.45) is 7.38. The summed E-state index contributed by atoms with van der Waals surface area (Å²) >= 11 is 1.82. The van der Waals surface area contributed by atoms with E-state index in [1.54, 1.807) is 13.2 Å². The first kappa shape index (κ1) is 23.8. The summed E-state index contributed by atoms with van der Waals surface area (Å²) in [7, 11) is 1.72. The molecule has 1 aliphatic rings. The zero-order valence-corrected chi connectivity index (χ0v) is 19.3. The van der Waals surface area contributed by atoms with Gasteiger partial charge in [-0.1, -0.05) is 37.5 Å². The number of hydrogen-bond donors (Lipinski definition) is 4. The van der Waals surface area contributed by atoms with E-state index < -0.39 is 0 Å². The van der Waals surface area contributed by atoms with Crippen LogP contribution in [-0.4, -0.2) is 42.2 Å². The fourth-order valence-corrected chi connectivity index (χ4v) is 5.36. The molecular weight excluding hydrogens is 408 g/mol. The molecule has 31 heavy (non-hydrogen) atoms. The Hall–Kier alpha value is -1.89. The van der Waals surface area contributed by atoms with E-state index >= 15 is 0 Å². The normalized spacial score (nSPS) is 18.0. The lowest BCUT2D eigenvalue weighted by Gasteiger charge is -2.32. The molecule has 0 spiro atoms. The minimum absolute atomic E-state index is 0.0261. The van der Waals surface area contributed by atoms with Crippen molar-refractivity contribution in [1.29, 1.82) is 0 Å². The molecule has 2 aromatic rings. The van der Waals surface area contributed by atoms with Crippen molar-refractivity contribution in [2.75, 3.05) is 26.0 Å². The van der Waals surface area contributed by atoms with Crippen LogP contribution in [0.4, 0.5) is 0 Å². The summed E-state index contributed by atoms with van der Waals surface area (Å²) in [5.74, 6) is 2.27. The van der Waals surface area contributed by atoms with E-state index in [-0.39, 0.29) is 23.5 Å². The highest BCUT2D eigenvalue weighted by Gasteiger charge is 2.29. The first-order valence-electron chi connectivity index (χ1n) is 11.4. The van der Waals surface area contributed by atoms with E-state index in [1.807, 2.05) is 36.0 Å². The number of thioether (sulfide) groups is 1. The molecule has 1 aliphatic carbocycles. The minimum Gasteiger partial charge on any atom is -0.504 e. The van der Waals surface area contributed by atoms with Crippen LogP contribution in [-0.2, 0) is 6.42 Å². The maximum absolute atomic E-state index is 10.2. The smallest absolute Gasteiger partial charge is 0.160 e. The third-order valence-electron chi connectivity index (χ3n) is 6.17. The van der Waals surface area contributed by atoms with Crippen molar-refractivity contribution >= 4 is 11.8 Å². The van der Waals surface area contributed by atoms with Gasteiger partial charge in [-0.2, -0.15) is 0 Å². The molecule has 0 aliphatic heterocycles. The van der Waals surface area contributed by atoms with Crippen molar-refractivity contribution < 1.29 is 14.9 Å². The standard InChI is InChI=1S/C25H36N2O3S/c1-30-23-9-5-6-10-24(23)31-17-16-27-15-7-3-2-4-8-19-18-12-14-22(28)25(29)20(18)11-13-21(19)26/h5-6,9-10,12,14,19,21,27-29H,2-4,7-8,11,13,15-17,26H2,1H3. The van der Waals surface area contributed by atoms with Crippen LogP contribution < -0.4 is 15.8 Å². The highest BCUT2D eigenvalue weighted by molar-refractivity contribution is 7.99. The molecule has 0 amide bonds. The fourth-order valence-electron chi connectivity index (χ4n) is 4.43. The number of unbranched alkanes of at least 4 members (excludes halogenated alkanes) is 3. The highest BCUT2D eigenvalue weighted by Crippen LogP contribution is 2.42. The lowest BCUT2D eigenvalue weighted by molar-refractivity contribution is 0.380. The molecule has 0 bridgehead atoms. The van der Waals surface area contributed by atoms with Crippen molar-refractivity contribution in [3.63, 3.8) is 0 Å². The van der Waals surface area contributed by atoms with Gasteiger partial charge in [0, 0.05) is 28.8 Å². The molecule has 0 heterocycles. The predicted octanol–water partition coefficient (Wildman–Crippen LogP) is 4.80. The van der Waals surface area contributed by atoms with Gasteiger partial charge in [0.1, 0.15) is 5.75 Å². The Balaban J connectivity index is 1.28. The summed E-state index contributed by atoms with van der Waals surface area (Å²) in [6, 6.07) is 11.8. The third-order valence-corrected chi connectivity index (χ3v) is 7.22. The van der Waals surface area contributed by atoms with Crippen LogP contribution in [0.3, 0.4) is 0 Å². The van der Waals surface area contributed by atoms with Crippen molar-refractivity contribution in [1.82, 2.24) is 5.32 Å². The molecule has 0 saturated carbocycles. The number of phenols is 2. The number of nitrogens with one attached hydrogen (secondary N) is 1. The van der Waals surface area contributed by atoms with Gasteiger partial charge in [-0.3, -0.25) is 0 Å². The average Bonchev–Trinajstić information content (AvgIpc) is 2.79. The van der Waals surface area contributed by atoms with E-state index in [9.17, 15) is 10.2 Å². The van der Waals surface area contributed by atoms with Crippen LogP contribution in [0.2, 0.25) is 0 Å². The molecule has 170 valence electrons. The number of ether oxygens (including phenoxy) is 1. The highest BCUT2D eigenvalue weighted by atomic mass is 32.2. The van der Waals surface area contributed by atoms with Crippen LogP contribution in [0.1, 0.15) is 55.6 Å². The van der Waals surface area contributed by atoms with E-state index in [1.165, 1.54) is 24.2 Å². The van der Waals surface area contributed by atoms with Gasteiger partial charge < -0.3 is 26.0 Å². The van der Waals surface area contributed by atoms with Gasteiger partial charge in [0.15, 0.2) is 11.5 Å². The average molecular weight is 445 g/mol. The first-order chi connectivity index (χ1) is 15.1. The number of phenolic OH excluding ortho intramolecular Hbond substituents is 2. The summed E-state index contributed by atoms with van der Waals surface area (Å²) in [4.78, 5) is 1.19. The zero-order chi connectivity index (χ0) is 22.1. The van der Waals surface area contributed by atoms with Gasteiger partial charge >= 0.3 is 0 Å². The molecule has 5 nitrogen and oxygen atoms in total. The largest absolute Gasteiger partial charge is 0.504 e. The van der Waals surface area contributed by atoms with Gasteiger partial charge in [0.05, 0.1) is 7.11 Å². The van der Waals surface area contributed by atoms with Gasteiger partial charge in [-0.15, -0.1) is 11.8 Å². The molecule has 2 aromatic carbocycles. The van der Waals surface area contributed by atoms with E-state index in [0.717, 1.165) is 61.4 Å². The topological polar surface area (TPSA) is 87.7 Å². The van der Waals surface area contributed by atoms with Gasteiger partial charge in [0.2, 0.25) is 0 Å². The van der Waals surface area contributed by atoms with Gasteiger partial charge in [-0.05, 0) is 61.9 Å². The lowest BCUT2D eigenvalue weighted by atomic mass is 9.76. The predicted molar refractivity (Wildman–Crippen MR) is 128 cm³/mol.